The first-order valence-electron chi connectivity index (χ1n) is 9.06. The summed E-state index contributed by atoms with van der Waals surface area (Å²) in [6, 6.07) is 9.33. The molecule has 0 spiro atoms. The Kier molecular flexibility index (Phi) is 4.30. The van der Waals surface area contributed by atoms with Crippen LogP contribution < -0.4 is 0 Å². The van der Waals surface area contributed by atoms with E-state index in [9.17, 15) is 14.7 Å². The topological polar surface area (TPSA) is 54.4 Å². The minimum atomic E-state index is -0.922. The van der Waals surface area contributed by atoms with Crippen LogP contribution in [0.5, 0.6) is 0 Å². The molecule has 3 heteroatoms. The molecule has 0 fully saturated rings. The van der Waals surface area contributed by atoms with E-state index in [0.29, 0.717) is 11.1 Å². The standard InChI is InChI=1S/C23H26O3/c1-14-17(21(25)26)12-18-20(23(4,5)11-10-22(18,2)3)19(14)16-9-7-6-8-15(16)13-24/h6-9,12-13H,10-11H2,1-5H3,(H,25,26). The van der Waals surface area contributed by atoms with Crippen molar-refractivity contribution in [3.05, 3.63) is 58.1 Å². The normalized spacial score (nSPS) is 17.4. The first-order chi connectivity index (χ1) is 12.1. The molecule has 3 nitrogen and oxygen atoms in total. The number of hydrogen-bond acceptors (Lipinski definition) is 2. The van der Waals surface area contributed by atoms with Gasteiger partial charge < -0.3 is 5.11 Å². The lowest BCUT2D eigenvalue weighted by Crippen LogP contribution is -2.35. The Hall–Kier alpha value is -2.42. The SMILES string of the molecule is Cc1c(C(=O)O)cc2c(c1-c1ccccc1C=O)C(C)(C)CCC2(C)C. The minimum Gasteiger partial charge on any atom is -0.478 e. The molecule has 0 aliphatic heterocycles. The molecular formula is C23H26O3. The second-order valence-electron chi connectivity index (χ2n) is 8.62. The van der Waals surface area contributed by atoms with Gasteiger partial charge in [0, 0.05) is 5.56 Å². The number of carboxylic acid groups (broad SMARTS) is 1. The van der Waals surface area contributed by atoms with E-state index in [1.807, 2.05) is 31.2 Å². The molecule has 0 saturated carbocycles. The number of benzene rings is 2. The molecule has 0 radical (unpaired) electrons. The summed E-state index contributed by atoms with van der Waals surface area (Å²) in [5.74, 6) is -0.922. The van der Waals surface area contributed by atoms with E-state index in [4.69, 9.17) is 0 Å². The number of fused-ring (bicyclic) bond motifs is 1. The number of hydrogen-bond donors (Lipinski definition) is 1. The number of aldehydes is 1. The first-order valence-corrected chi connectivity index (χ1v) is 9.06. The van der Waals surface area contributed by atoms with Gasteiger partial charge in [-0.1, -0.05) is 52.0 Å². The Labute approximate surface area is 155 Å². The third-order valence-electron chi connectivity index (χ3n) is 5.96. The van der Waals surface area contributed by atoms with Crippen LogP contribution in [0.4, 0.5) is 0 Å². The molecule has 1 N–H and O–H groups in total. The van der Waals surface area contributed by atoms with Crippen LogP contribution in [0.15, 0.2) is 30.3 Å². The van der Waals surface area contributed by atoms with E-state index in [1.165, 1.54) is 5.56 Å². The second kappa shape index (κ2) is 6.08. The predicted octanol–water partition coefficient (Wildman–Crippen LogP) is 5.52. The largest absolute Gasteiger partial charge is 0.478 e. The van der Waals surface area contributed by atoms with E-state index in [2.05, 4.69) is 27.7 Å². The van der Waals surface area contributed by atoms with Gasteiger partial charge in [0.15, 0.2) is 6.29 Å². The van der Waals surface area contributed by atoms with E-state index in [1.54, 1.807) is 6.07 Å². The van der Waals surface area contributed by atoms with Crippen molar-refractivity contribution in [2.45, 2.75) is 58.3 Å². The van der Waals surface area contributed by atoms with Crippen LogP contribution in [0, 0.1) is 6.92 Å². The maximum atomic E-state index is 11.9. The van der Waals surface area contributed by atoms with Gasteiger partial charge >= 0.3 is 5.97 Å². The molecule has 0 amide bonds. The molecule has 3 rings (SSSR count). The fourth-order valence-corrected chi connectivity index (χ4v) is 4.29. The highest BCUT2D eigenvalue weighted by Gasteiger charge is 2.40. The summed E-state index contributed by atoms with van der Waals surface area (Å²) >= 11 is 0. The Morgan fingerprint density at radius 2 is 1.69 bits per heavy atom. The van der Waals surface area contributed by atoms with Gasteiger partial charge in [-0.3, -0.25) is 4.79 Å². The zero-order valence-corrected chi connectivity index (χ0v) is 16.1. The third-order valence-corrected chi connectivity index (χ3v) is 5.96. The zero-order valence-electron chi connectivity index (χ0n) is 16.1. The lowest BCUT2D eigenvalue weighted by Gasteiger charge is -2.44. The smallest absolute Gasteiger partial charge is 0.335 e. The monoisotopic (exact) mass is 350 g/mol. The molecule has 1 aliphatic carbocycles. The number of carboxylic acids is 1. The molecule has 1 aliphatic rings. The summed E-state index contributed by atoms with van der Waals surface area (Å²) in [4.78, 5) is 23.6. The maximum absolute atomic E-state index is 11.9. The summed E-state index contributed by atoms with van der Waals surface area (Å²) in [6.07, 6.45) is 2.88. The fourth-order valence-electron chi connectivity index (χ4n) is 4.29. The van der Waals surface area contributed by atoms with E-state index in [0.717, 1.165) is 41.4 Å². The molecule has 0 atom stereocenters. The Balaban J connectivity index is 2.53. The Bertz CT molecular complexity index is 904. The van der Waals surface area contributed by atoms with Crippen LogP contribution in [-0.2, 0) is 10.8 Å². The van der Waals surface area contributed by atoms with Crippen LogP contribution in [0.1, 0.15) is 77.9 Å². The maximum Gasteiger partial charge on any atom is 0.335 e. The molecule has 2 aromatic carbocycles. The van der Waals surface area contributed by atoms with Gasteiger partial charge in [-0.15, -0.1) is 0 Å². The number of aromatic carboxylic acids is 1. The van der Waals surface area contributed by atoms with Crippen LogP contribution >= 0.6 is 0 Å². The van der Waals surface area contributed by atoms with Crippen molar-refractivity contribution in [3.8, 4) is 11.1 Å². The Morgan fingerprint density at radius 3 is 2.31 bits per heavy atom. The molecule has 0 saturated heterocycles. The average molecular weight is 350 g/mol. The summed E-state index contributed by atoms with van der Waals surface area (Å²) in [7, 11) is 0. The number of carbonyl (C=O) groups is 2. The van der Waals surface area contributed by atoms with Crippen molar-refractivity contribution in [1.29, 1.82) is 0 Å². The molecule has 136 valence electrons. The van der Waals surface area contributed by atoms with Crippen molar-refractivity contribution in [2.75, 3.05) is 0 Å². The second-order valence-corrected chi connectivity index (χ2v) is 8.62. The van der Waals surface area contributed by atoms with Gasteiger partial charge in [0.2, 0.25) is 0 Å². The van der Waals surface area contributed by atoms with Gasteiger partial charge in [-0.25, -0.2) is 4.79 Å². The van der Waals surface area contributed by atoms with Gasteiger partial charge in [0.25, 0.3) is 0 Å². The van der Waals surface area contributed by atoms with E-state index in [-0.39, 0.29) is 10.8 Å². The van der Waals surface area contributed by atoms with Crippen molar-refractivity contribution >= 4 is 12.3 Å². The van der Waals surface area contributed by atoms with Crippen molar-refractivity contribution in [3.63, 3.8) is 0 Å². The summed E-state index contributed by atoms with van der Waals surface area (Å²) in [6.45, 7) is 10.6. The third kappa shape index (κ3) is 2.76. The lowest BCUT2D eigenvalue weighted by atomic mass is 9.60. The van der Waals surface area contributed by atoms with Crippen molar-refractivity contribution in [2.24, 2.45) is 0 Å². The minimum absolute atomic E-state index is 0.0853. The van der Waals surface area contributed by atoms with Gasteiger partial charge in [0.1, 0.15) is 0 Å². The highest BCUT2D eigenvalue weighted by Crippen LogP contribution is 2.51. The molecule has 0 unspecified atom stereocenters. The van der Waals surface area contributed by atoms with Gasteiger partial charge in [0.05, 0.1) is 5.56 Å². The highest BCUT2D eigenvalue weighted by molar-refractivity contribution is 5.97. The quantitative estimate of drug-likeness (QED) is 0.741. The van der Waals surface area contributed by atoms with Gasteiger partial charge in [-0.05, 0) is 64.5 Å². The zero-order chi connectivity index (χ0) is 19.3. The molecular weight excluding hydrogens is 324 g/mol. The molecule has 26 heavy (non-hydrogen) atoms. The van der Waals surface area contributed by atoms with Crippen LogP contribution in [0.2, 0.25) is 0 Å². The van der Waals surface area contributed by atoms with Crippen molar-refractivity contribution < 1.29 is 14.7 Å². The molecule has 2 aromatic rings. The summed E-state index contributed by atoms with van der Waals surface area (Å²) in [5, 5.41) is 9.80. The summed E-state index contributed by atoms with van der Waals surface area (Å²) in [5.41, 5.74) is 5.48. The van der Waals surface area contributed by atoms with Crippen molar-refractivity contribution in [1.82, 2.24) is 0 Å². The van der Waals surface area contributed by atoms with E-state index < -0.39 is 5.97 Å². The first kappa shape index (κ1) is 18.4. The molecule has 0 heterocycles. The number of rotatable bonds is 3. The van der Waals surface area contributed by atoms with Crippen LogP contribution in [-0.4, -0.2) is 17.4 Å². The summed E-state index contributed by atoms with van der Waals surface area (Å²) < 4.78 is 0. The average Bonchev–Trinajstić information content (AvgIpc) is 2.58. The van der Waals surface area contributed by atoms with Gasteiger partial charge in [-0.2, -0.15) is 0 Å². The van der Waals surface area contributed by atoms with E-state index >= 15 is 0 Å². The molecule has 0 bridgehead atoms. The highest BCUT2D eigenvalue weighted by atomic mass is 16.4. The Morgan fingerprint density at radius 1 is 1.08 bits per heavy atom. The molecule has 0 aromatic heterocycles. The fraction of sp³-hybridized carbons (Fsp3) is 0.391. The van der Waals surface area contributed by atoms with Crippen LogP contribution in [0.3, 0.4) is 0 Å². The van der Waals surface area contributed by atoms with Crippen LogP contribution in [0.25, 0.3) is 11.1 Å². The lowest BCUT2D eigenvalue weighted by molar-refractivity contribution is 0.0695. The predicted molar refractivity (Wildman–Crippen MR) is 104 cm³/mol. The number of carbonyl (C=O) groups excluding carboxylic acids is 1.